The maximum absolute atomic E-state index is 13.8. The minimum atomic E-state index is -0.522. The number of hydrogen-bond donors (Lipinski definition) is 2. The number of fused-ring (bicyclic) bond motifs is 2. The molecule has 2 amide bonds. The highest BCUT2D eigenvalue weighted by atomic mass is 35.5. The molecule has 0 saturated carbocycles. The Morgan fingerprint density at radius 1 is 1.34 bits per heavy atom. The van der Waals surface area contributed by atoms with Crippen LogP contribution in [0.2, 0.25) is 5.02 Å². The monoisotopic (exact) mass is 436 g/mol. The largest absolute Gasteiger partial charge is 0.467 e. The Hall–Kier alpha value is -2.29. The number of ether oxygens (including phenoxy) is 2. The van der Waals surface area contributed by atoms with Crippen molar-refractivity contribution in [2.45, 2.75) is 29.6 Å². The summed E-state index contributed by atoms with van der Waals surface area (Å²) in [5.41, 5.74) is 2.00. The van der Waals surface area contributed by atoms with E-state index in [4.69, 9.17) is 21.1 Å². The molecular formula is C20H18ClFN2O4S. The van der Waals surface area contributed by atoms with E-state index in [2.05, 4.69) is 10.6 Å². The molecule has 2 aliphatic rings. The zero-order valence-corrected chi connectivity index (χ0v) is 16.9. The van der Waals surface area contributed by atoms with Crippen LogP contribution in [-0.4, -0.2) is 30.4 Å². The molecule has 0 bridgehead atoms. The Morgan fingerprint density at radius 3 is 3.07 bits per heavy atom. The molecule has 29 heavy (non-hydrogen) atoms. The summed E-state index contributed by atoms with van der Waals surface area (Å²) in [4.78, 5) is 25.5. The maximum Gasteiger partial charge on any atom is 0.238 e. The van der Waals surface area contributed by atoms with Gasteiger partial charge in [0.15, 0.2) is 6.79 Å². The first-order valence-electron chi connectivity index (χ1n) is 9.05. The molecule has 2 heterocycles. The summed E-state index contributed by atoms with van der Waals surface area (Å²) in [6.45, 7) is 0.732. The lowest BCUT2D eigenvalue weighted by Crippen LogP contribution is -2.35. The van der Waals surface area contributed by atoms with Crippen LogP contribution < -0.4 is 15.4 Å². The number of amides is 2. The van der Waals surface area contributed by atoms with Crippen LogP contribution in [0.15, 0.2) is 35.2 Å². The smallest absolute Gasteiger partial charge is 0.238 e. The van der Waals surface area contributed by atoms with Gasteiger partial charge in [-0.3, -0.25) is 9.59 Å². The molecule has 152 valence electrons. The van der Waals surface area contributed by atoms with Crippen molar-refractivity contribution >= 4 is 40.9 Å². The summed E-state index contributed by atoms with van der Waals surface area (Å²) < 4.78 is 24.4. The highest BCUT2D eigenvalue weighted by Crippen LogP contribution is 2.38. The van der Waals surface area contributed by atoms with E-state index in [0.29, 0.717) is 47.2 Å². The number of carbonyl (C=O) groups excluding carboxylic acids is 2. The second kappa shape index (κ2) is 8.61. The van der Waals surface area contributed by atoms with Gasteiger partial charge in [0.1, 0.15) is 11.6 Å². The molecule has 6 nitrogen and oxygen atoms in total. The Labute approximate surface area is 176 Å². The predicted octanol–water partition coefficient (Wildman–Crippen LogP) is 3.51. The molecule has 2 aromatic carbocycles. The van der Waals surface area contributed by atoms with Gasteiger partial charge in [0.2, 0.25) is 11.8 Å². The summed E-state index contributed by atoms with van der Waals surface area (Å²) in [5.74, 6) is -0.227. The number of hydrogen-bond acceptors (Lipinski definition) is 5. The van der Waals surface area contributed by atoms with Crippen molar-refractivity contribution in [1.82, 2.24) is 5.32 Å². The van der Waals surface area contributed by atoms with E-state index in [1.165, 1.54) is 23.9 Å². The zero-order valence-electron chi connectivity index (χ0n) is 15.3. The molecule has 2 aliphatic heterocycles. The van der Waals surface area contributed by atoms with Crippen molar-refractivity contribution in [2.75, 3.05) is 18.7 Å². The zero-order chi connectivity index (χ0) is 20.4. The standard InChI is InChI=1S/C20H18ClFN2O4S/c21-13-1-2-16-15(7-13)24-20(26)17(29-16)8-18(25)23-4-3-11-5-14(22)6-12-9-27-10-28-19(11)12/h1-2,5-7,17H,3-4,8-10H2,(H,23,25)(H,24,26). The van der Waals surface area contributed by atoms with Gasteiger partial charge in [-0.25, -0.2) is 4.39 Å². The van der Waals surface area contributed by atoms with Crippen molar-refractivity contribution in [3.05, 3.63) is 52.3 Å². The average molecular weight is 437 g/mol. The minimum Gasteiger partial charge on any atom is -0.467 e. The lowest BCUT2D eigenvalue weighted by atomic mass is 10.1. The number of thioether (sulfide) groups is 1. The molecule has 1 unspecified atom stereocenters. The molecule has 4 rings (SSSR count). The quantitative estimate of drug-likeness (QED) is 0.750. The first-order valence-corrected chi connectivity index (χ1v) is 10.3. The summed E-state index contributed by atoms with van der Waals surface area (Å²) in [6, 6.07) is 8.05. The normalized spacial score (nSPS) is 17.6. The SMILES string of the molecule is O=C(CC1Sc2ccc(Cl)cc2NC1=O)NCCc1cc(F)cc2c1OCOC2. The molecular weight excluding hydrogens is 419 g/mol. The lowest BCUT2D eigenvalue weighted by Gasteiger charge is -2.24. The fourth-order valence-corrected chi connectivity index (χ4v) is 4.54. The van der Waals surface area contributed by atoms with Gasteiger partial charge in [-0.1, -0.05) is 11.6 Å². The van der Waals surface area contributed by atoms with Gasteiger partial charge < -0.3 is 20.1 Å². The first-order chi connectivity index (χ1) is 14.0. The molecule has 1 atom stereocenters. The topological polar surface area (TPSA) is 76.7 Å². The van der Waals surface area contributed by atoms with E-state index in [1.807, 2.05) is 6.07 Å². The van der Waals surface area contributed by atoms with Gasteiger partial charge in [-0.2, -0.15) is 0 Å². The number of rotatable bonds is 5. The molecule has 0 spiro atoms. The van der Waals surface area contributed by atoms with Crippen LogP contribution >= 0.6 is 23.4 Å². The van der Waals surface area contributed by atoms with E-state index in [0.717, 1.165) is 4.90 Å². The molecule has 9 heteroatoms. The van der Waals surface area contributed by atoms with Crippen molar-refractivity contribution < 1.29 is 23.5 Å². The summed E-state index contributed by atoms with van der Waals surface area (Å²) in [7, 11) is 0. The van der Waals surface area contributed by atoms with Gasteiger partial charge in [0.25, 0.3) is 0 Å². The molecule has 2 N–H and O–H groups in total. The van der Waals surface area contributed by atoms with Crippen LogP contribution in [0.3, 0.4) is 0 Å². The van der Waals surface area contributed by atoms with Gasteiger partial charge in [-0.05, 0) is 42.3 Å². The van der Waals surface area contributed by atoms with Crippen LogP contribution in [0.4, 0.5) is 10.1 Å². The third-order valence-electron chi connectivity index (χ3n) is 4.60. The van der Waals surface area contributed by atoms with Gasteiger partial charge in [0.05, 0.1) is 17.5 Å². The van der Waals surface area contributed by atoms with Crippen molar-refractivity contribution in [2.24, 2.45) is 0 Å². The molecule has 0 saturated heterocycles. The Bertz CT molecular complexity index is 972. The lowest BCUT2D eigenvalue weighted by molar-refractivity contribution is -0.124. The molecule has 2 aromatic rings. The second-order valence-electron chi connectivity index (χ2n) is 6.70. The minimum absolute atomic E-state index is 0.0458. The molecule has 0 fully saturated rings. The van der Waals surface area contributed by atoms with E-state index < -0.39 is 5.25 Å². The first kappa shape index (κ1) is 20.0. The Morgan fingerprint density at radius 2 is 2.21 bits per heavy atom. The third kappa shape index (κ3) is 4.66. The molecule has 0 radical (unpaired) electrons. The highest BCUT2D eigenvalue weighted by Gasteiger charge is 2.29. The van der Waals surface area contributed by atoms with Gasteiger partial charge in [0, 0.05) is 28.4 Å². The molecule has 0 aliphatic carbocycles. The number of anilines is 1. The van der Waals surface area contributed by atoms with Crippen LogP contribution in [0, 0.1) is 5.82 Å². The van der Waals surface area contributed by atoms with Crippen molar-refractivity contribution in [3.63, 3.8) is 0 Å². The fraction of sp³-hybridized carbons (Fsp3) is 0.300. The van der Waals surface area contributed by atoms with Gasteiger partial charge >= 0.3 is 0 Å². The van der Waals surface area contributed by atoms with E-state index in [-0.39, 0.29) is 30.8 Å². The number of halogens is 2. The Balaban J connectivity index is 1.33. The maximum atomic E-state index is 13.8. The van der Waals surface area contributed by atoms with Gasteiger partial charge in [-0.15, -0.1) is 11.8 Å². The highest BCUT2D eigenvalue weighted by molar-refractivity contribution is 8.01. The van der Waals surface area contributed by atoms with Crippen LogP contribution in [0.1, 0.15) is 17.5 Å². The fourth-order valence-electron chi connectivity index (χ4n) is 3.28. The predicted molar refractivity (Wildman–Crippen MR) is 108 cm³/mol. The number of carbonyl (C=O) groups is 2. The van der Waals surface area contributed by atoms with E-state index >= 15 is 0 Å². The number of benzene rings is 2. The van der Waals surface area contributed by atoms with Crippen molar-refractivity contribution in [1.29, 1.82) is 0 Å². The third-order valence-corrected chi connectivity index (χ3v) is 6.11. The molecule has 0 aromatic heterocycles. The van der Waals surface area contributed by atoms with Crippen LogP contribution in [0.25, 0.3) is 0 Å². The summed E-state index contributed by atoms with van der Waals surface area (Å²) >= 11 is 7.28. The summed E-state index contributed by atoms with van der Waals surface area (Å²) in [6.07, 6.45) is 0.460. The Kier molecular flexibility index (Phi) is 5.94. The van der Waals surface area contributed by atoms with Crippen LogP contribution in [-0.2, 0) is 27.4 Å². The van der Waals surface area contributed by atoms with E-state index in [9.17, 15) is 14.0 Å². The number of nitrogens with one attached hydrogen (secondary N) is 2. The van der Waals surface area contributed by atoms with Crippen molar-refractivity contribution in [3.8, 4) is 5.75 Å². The average Bonchev–Trinajstić information content (AvgIpc) is 2.68. The van der Waals surface area contributed by atoms with Crippen LogP contribution in [0.5, 0.6) is 5.75 Å². The van der Waals surface area contributed by atoms with E-state index in [1.54, 1.807) is 12.1 Å². The summed E-state index contributed by atoms with van der Waals surface area (Å²) in [5, 5.41) is 5.60. The second-order valence-corrected chi connectivity index (χ2v) is 8.39.